The Balaban J connectivity index is 1.25. The first-order valence-electron chi connectivity index (χ1n) is 14.0. The summed E-state index contributed by atoms with van der Waals surface area (Å²) in [6.07, 6.45) is 5.99. The van der Waals surface area contributed by atoms with Gasteiger partial charge in [0, 0.05) is 72.7 Å². The Morgan fingerprint density at radius 2 is 1.53 bits per heavy atom. The van der Waals surface area contributed by atoms with E-state index in [1.54, 1.807) is 18.2 Å². The van der Waals surface area contributed by atoms with Gasteiger partial charge in [0.2, 0.25) is 0 Å². The van der Waals surface area contributed by atoms with Crippen LogP contribution in [-0.2, 0) is 9.47 Å². The van der Waals surface area contributed by atoms with Crippen molar-refractivity contribution in [2.75, 3.05) is 76.3 Å². The van der Waals surface area contributed by atoms with E-state index in [0.29, 0.717) is 29.1 Å². The molecule has 4 N–H and O–H groups in total. The zero-order chi connectivity index (χ0) is 26.4. The minimum Gasteiger partial charge on any atom is -0.398 e. The monoisotopic (exact) mass is 519 g/mol. The summed E-state index contributed by atoms with van der Waals surface area (Å²) >= 11 is 0. The molecule has 1 aliphatic carbocycles. The van der Waals surface area contributed by atoms with E-state index in [4.69, 9.17) is 20.6 Å². The summed E-state index contributed by atoms with van der Waals surface area (Å²) < 4.78 is 11.0. The molecular formula is C30H41N5O3. The van der Waals surface area contributed by atoms with Crippen LogP contribution in [0.15, 0.2) is 42.5 Å². The minimum atomic E-state index is -0.103. The number of morpholine rings is 2. The van der Waals surface area contributed by atoms with Gasteiger partial charge in [0.15, 0.2) is 0 Å². The molecule has 2 aromatic rings. The van der Waals surface area contributed by atoms with Crippen molar-refractivity contribution in [2.24, 2.45) is 5.41 Å². The zero-order valence-electron chi connectivity index (χ0n) is 22.3. The highest BCUT2D eigenvalue weighted by Crippen LogP contribution is 2.37. The number of hydrogen-bond donors (Lipinski definition) is 3. The quantitative estimate of drug-likeness (QED) is 0.364. The van der Waals surface area contributed by atoms with Crippen LogP contribution in [0, 0.1) is 10.8 Å². The van der Waals surface area contributed by atoms with E-state index >= 15 is 0 Å². The summed E-state index contributed by atoms with van der Waals surface area (Å²) in [6.45, 7) is 8.39. The van der Waals surface area contributed by atoms with E-state index in [2.05, 4.69) is 15.1 Å². The Hall–Kier alpha value is -2.94. The van der Waals surface area contributed by atoms with Gasteiger partial charge in [-0.2, -0.15) is 0 Å². The normalized spacial score (nSPS) is 20.2. The van der Waals surface area contributed by atoms with Crippen LogP contribution in [0.25, 0.3) is 0 Å². The summed E-state index contributed by atoms with van der Waals surface area (Å²) in [4.78, 5) is 18.1. The molecule has 0 atom stereocenters. The molecule has 2 aliphatic heterocycles. The lowest BCUT2D eigenvalue weighted by Crippen LogP contribution is -2.49. The fourth-order valence-electron chi connectivity index (χ4n) is 6.03. The third-order valence-corrected chi connectivity index (χ3v) is 8.32. The van der Waals surface area contributed by atoms with Crippen molar-refractivity contribution in [3.05, 3.63) is 59.2 Å². The molecule has 0 spiro atoms. The Kier molecular flexibility index (Phi) is 8.61. The molecule has 5 rings (SSSR count). The number of carbonyl (C=O) groups is 1. The first-order valence-corrected chi connectivity index (χ1v) is 14.0. The van der Waals surface area contributed by atoms with Gasteiger partial charge >= 0.3 is 0 Å². The van der Waals surface area contributed by atoms with Crippen LogP contribution in [0.4, 0.5) is 11.4 Å². The molecule has 8 heteroatoms. The maximum Gasteiger partial charge on any atom is 0.251 e. The molecule has 0 unspecified atom stereocenters. The van der Waals surface area contributed by atoms with E-state index in [1.807, 2.05) is 24.3 Å². The summed E-state index contributed by atoms with van der Waals surface area (Å²) in [7, 11) is 0. The number of amides is 1. The molecule has 2 saturated heterocycles. The standard InChI is InChI=1S/C30H41N5O3/c31-27-9-6-24(20-26(27)28(32)23-4-7-25(8-5-23)35-14-18-38-19-15-35)29(36)33-21-30(10-2-1-3-11-30)22-34-12-16-37-17-13-34/h4-9,20,32H,1-3,10-19,21-22,31H2,(H,33,36). The van der Waals surface area contributed by atoms with E-state index in [1.165, 1.54) is 19.3 Å². The molecule has 2 aromatic carbocycles. The molecule has 0 bridgehead atoms. The predicted molar refractivity (Wildman–Crippen MR) is 151 cm³/mol. The third-order valence-electron chi connectivity index (χ3n) is 8.32. The largest absolute Gasteiger partial charge is 0.398 e. The fraction of sp³-hybridized carbons (Fsp3) is 0.533. The number of benzene rings is 2. The second-order valence-corrected chi connectivity index (χ2v) is 11.0. The maximum atomic E-state index is 13.3. The number of nitrogens with two attached hydrogens (primary N) is 1. The second-order valence-electron chi connectivity index (χ2n) is 11.0. The van der Waals surface area contributed by atoms with Crippen molar-refractivity contribution < 1.29 is 14.3 Å². The lowest BCUT2D eigenvalue weighted by molar-refractivity contribution is 0.00728. The molecular weight excluding hydrogens is 478 g/mol. The summed E-state index contributed by atoms with van der Waals surface area (Å²) in [6, 6.07) is 13.3. The third kappa shape index (κ3) is 6.37. The predicted octanol–water partition coefficient (Wildman–Crippen LogP) is 3.53. The van der Waals surface area contributed by atoms with Gasteiger partial charge in [-0.05, 0) is 43.2 Å². The van der Waals surface area contributed by atoms with Crippen molar-refractivity contribution in [3.63, 3.8) is 0 Å². The highest BCUT2D eigenvalue weighted by Gasteiger charge is 2.35. The van der Waals surface area contributed by atoms with Gasteiger partial charge in [0.05, 0.1) is 32.1 Å². The smallest absolute Gasteiger partial charge is 0.251 e. The van der Waals surface area contributed by atoms with Crippen molar-refractivity contribution in [1.29, 1.82) is 5.41 Å². The Morgan fingerprint density at radius 1 is 0.895 bits per heavy atom. The molecule has 0 aromatic heterocycles. The van der Waals surface area contributed by atoms with Crippen molar-refractivity contribution in [1.82, 2.24) is 10.2 Å². The summed E-state index contributed by atoms with van der Waals surface area (Å²) in [5.41, 5.74) is 10.2. The summed E-state index contributed by atoms with van der Waals surface area (Å²) in [5.74, 6) is -0.103. The van der Waals surface area contributed by atoms with Crippen molar-refractivity contribution >= 4 is 23.0 Å². The number of carbonyl (C=O) groups excluding carboxylic acids is 1. The fourth-order valence-corrected chi connectivity index (χ4v) is 6.03. The van der Waals surface area contributed by atoms with Gasteiger partial charge in [-0.3, -0.25) is 15.1 Å². The van der Waals surface area contributed by atoms with Gasteiger partial charge in [0.25, 0.3) is 5.91 Å². The van der Waals surface area contributed by atoms with E-state index in [-0.39, 0.29) is 11.3 Å². The van der Waals surface area contributed by atoms with Crippen LogP contribution in [0.2, 0.25) is 0 Å². The number of ether oxygens (including phenoxy) is 2. The number of nitrogens with one attached hydrogen (secondary N) is 2. The van der Waals surface area contributed by atoms with Crippen LogP contribution in [0.1, 0.15) is 53.6 Å². The van der Waals surface area contributed by atoms with E-state index in [9.17, 15) is 4.79 Å². The number of rotatable bonds is 8. The first-order chi connectivity index (χ1) is 18.5. The maximum absolute atomic E-state index is 13.3. The molecule has 1 amide bonds. The minimum absolute atomic E-state index is 0.103. The highest BCUT2D eigenvalue weighted by molar-refractivity contribution is 6.15. The number of hydrogen-bond acceptors (Lipinski definition) is 7. The SMILES string of the molecule is N=C(c1ccc(N2CCOCC2)cc1)c1cc(C(=O)NCC2(CN3CCOCC3)CCCCC2)ccc1N. The Morgan fingerprint density at radius 3 is 2.21 bits per heavy atom. The van der Waals surface area contributed by atoms with Gasteiger partial charge in [-0.25, -0.2) is 0 Å². The topological polar surface area (TPSA) is 104 Å². The molecule has 204 valence electrons. The number of nitrogen functional groups attached to an aromatic ring is 1. The molecule has 38 heavy (non-hydrogen) atoms. The first kappa shape index (κ1) is 26.7. The Labute approximate surface area is 226 Å². The lowest BCUT2D eigenvalue weighted by atomic mass is 9.73. The van der Waals surface area contributed by atoms with Crippen LogP contribution in [0.5, 0.6) is 0 Å². The average molecular weight is 520 g/mol. The molecule has 2 heterocycles. The zero-order valence-corrected chi connectivity index (χ0v) is 22.3. The van der Waals surface area contributed by atoms with Crippen LogP contribution < -0.4 is 16.0 Å². The molecule has 1 saturated carbocycles. The Bertz CT molecular complexity index is 1100. The van der Waals surface area contributed by atoms with Gasteiger partial charge < -0.3 is 25.4 Å². The number of nitrogens with zero attached hydrogens (tertiary/aromatic N) is 2. The lowest BCUT2D eigenvalue weighted by Gasteiger charge is -2.42. The molecule has 8 nitrogen and oxygen atoms in total. The average Bonchev–Trinajstić information content (AvgIpc) is 2.97. The van der Waals surface area contributed by atoms with Gasteiger partial charge in [-0.1, -0.05) is 31.4 Å². The van der Waals surface area contributed by atoms with Gasteiger partial charge in [0.1, 0.15) is 0 Å². The molecule has 3 aliphatic rings. The van der Waals surface area contributed by atoms with Crippen molar-refractivity contribution in [2.45, 2.75) is 32.1 Å². The molecule has 0 radical (unpaired) electrons. The second kappa shape index (κ2) is 12.3. The number of anilines is 2. The van der Waals surface area contributed by atoms with E-state index in [0.717, 1.165) is 83.2 Å². The van der Waals surface area contributed by atoms with Crippen LogP contribution in [0.3, 0.4) is 0 Å². The van der Waals surface area contributed by atoms with E-state index < -0.39 is 0 Å². The van der Waals surface area contributed by atoms with Crippen LogP contribution in [-0.4, -0.2) is 82.2 Å². The highest BCUT2D eigenvalue weighted by atomic mass is 16.5. The van der Waals surface area contributed by atoms with Crippen LogP contribution >= 0.6 is 0 Å². The summed E-state index contributed by atoms with van der Waals surface area (Å²) in [5, 5.41) is 12.1. The van der Waals surface area contributed by atoms with Gasteiger partial charge in [-0.15, -0.1) is 0 Å². The van der Waals surface area contributed by atoms with Crippen molar-refractivity contribution in [3.8, 4) is 0 Å². The molecule has 3 fully saturated rings.